The van der Waals surface area contributed by atoms with Crippen molar-refractivity contribution in [3.63, 3.8) is 0 Å². The summed E-state index contributed by atoms with van der Waals surface area (Å²) in [5, 5.41) is 3.06. The Hall–Kier alpha value is -0.430. The maximum atomic E-state index is 5.50. The van der Waals surface area contributed by atoms with E-state index in [2.05, 4.69) is 38.7 Å². The summed E-state index contributed by atoms with van der Waals surface area (Å²) in [5.41, 5.74) is 8.21. The van der Waals surface area contributed by atoms with Crippen LogP contribution in [-0.2, 0) is 12.8 Å². The third kappa shape index (κ3) is 3.86. The van der Waals surface area contributed by atoms with E-state index in [1.807, 2.05) is 0 Å². The van der Waals surface area contributed by atoms with E-state index in [4.69, 9.17) is 5.73 Å². The number of rotatable bonds is 5. The SMILES string of the molecule is NCCc1cccc(CCNP)c1. The van der Waals surface area contributed by atoms with Gasteiger partial charge in [0.15, 0.2) is 0 Å². The Morgan fingerprint density at radius 3 is 2.54 bits per heavy atom. The molecule has 0 radical (unpaired) electrons. The summed E-state index contributed by atoms with van der Waals surface area (Å²) in [4.78, 5) is 0. The van der Waals surface area contributed by atoms with Crippen molar-refractivity contribution in [3.05, 3.63) is 35.4 Å². The lowest BCUT2D eigenvalue weighted by Crippen LogP contribution is -2.05. The fourth-order valence-corrected chi connectivity index (χ4v) is 1.47. The van der Waals surface area contributed by atoms with Crippen molar-refractivity contribution in [2.24, 2.45) is 5.73 Å². The first-order valence-electron chi connectivity index (χ1n) is 4.58. The average molecular weight is 196 g/mol. The molecule has 3 heteroatoms. The van der Waals surface area contributed by atoms with Crippen molar-refractivity contribution in [2.45, 2.75) is 12.8 Å². The Balaban J connectivity index is 2.56. The molecule has 0 aliphatic rings. The van der Waals surface area contributed by atoms with E-state index in [0.717, 1.165) is 25.9 Å². The number of nitrogens with two attached hydrogens (primary N) is 1. The fraction of sp³-hybridized carbons (Fsp3) is 0.400. The molecule has 1 unspecified atom stereocenters. The standard InChI is InChI=1S/C10H17N2P/c11-6-4-9-2-1-3-10(8-9)5-7-12-13/h1-3,8,12H,4-7,11,13H2. The van der Waals surface area contributed by atoms with E-state index in [0.29, 0.717) is 0 Å². The molecule has 0 bridgehead atoms. The van der Waals surface area contributed by atoms with Gasteiger partial charge < -0.3 is 10.8 Å². The molecule has 0 saturated heterocycles. The third-order valence-electron chi connectivity index (χ3n) is 1.98. The molecule has 3 N–H and O–H groups in total. The van der Waals surface area contributed by atoms with Gasteiger partial charge >= 0.3 is 0 Å². The molecule has 0 fully saturated rings. The van der Waals surface area contributed by atoms with Crippen LogP contribution in [0.4, 0.5) is 0 Å². The van der Waals surface area contributed by atoms with Crippen LogP contribution < -0.4 is 10.8 Å². The van der Waals surface area contributed by atoms with Gasteiger partial charge in [0.1, 0.15) is 0 Å². The van der Waals surface area contributed by atoms with Gasteiger partial charge in [-0.05, 0) is 30.5 Å². The Labute approximate surface area is 82.2 Å². The van der Waals surface area contributed by atoms with Crippen LogP contribution in [0.25, 0.3) is 0 Å². The summed E-state index contributed by atoms with van der Waals surface area (Å²) in [6.07, 6.45) is 2.05. The van der Waals surface area contributed by atoms with Crippen LogP contribution in [0.1, 0.15) is 11.1 Å². The van der Waals surface area contributed by atoms with Crippen molar-refractivity contribution in [1.82, 2.24) is 5.09 Å². The lowest BCUT2D eigenvalue weighted by atomic mass is 10.1. The summed E-state index contributed by atoms with van der Waals surface area (Å²) >= 11 is 0. The molecule has 72 valence electrons. The second-order valence-corrected chi connectivity index (χ2v) is 3.47. The highest BCUT2D eigenvalue weighted by Gasteiger charge is 1.94. The van der Waals surface area contributed by atoms with E-state index in [1.54, 1.807) is 0 Å². The molecule has 1 aromatic rings. The first-order chi connectivity index (χ1) is 6.36. The molecule has 13 heavy (non-hydrogen) atoms. The van der Waals surface area contributed by atoms with Crippen molar-refractivity contribution < 1.29 is 0 Å². The van der Waals surface area contributed by atoms with Gasteiger partial charge in [0.25, 0.3) is 0 Å². The second-order valence-electron chi connectivity index (χ2n) is 3.06. The van der Waals surface area contributed by atoms with Crippen LogP contribution in [0, 0.1) is 0 Å². The quantitative estimate of drug-likeness (QED) is 0.692. The predicted molar refractivity (Wildman–Crippen MR) is 60.6 cm³/mol. The van der Waals surface area contributed by atoms with Gasteiger partial charge in [-0.2, -0.15) is 0 Å². The zero-order valence-corrected chi connectivity index (χ0v) is 8.95. The first kappa shape index (κ1) is 10.6. The number of benzene rings is 1. The van der Waals surface area contributed by atoms with Crippen LogP contribution in [0.2, 0.25) is 0 Å². The van der Waals surface area contributed by atoms with Gasteiger partial charge in [-0.1, -0.05) is 33.7 Å². The van der Waals surface area contributed by atoms with E-state index in [1.165, 1.54) is 11.1 Å². The lowest BCUT2D eigenvalue weighted by Gasteiger charge is -2.03. The van der Waals surface area contributed by atoms with Gasteiger partial charge in [0.2, 0.25) is 0 Å². The summed E-state index contributed by atoms with van der Waals surface area (Å²) in [6, 6.07) is 8.62. The Kier molecular flexibility index (Phi) is 4.99. The minimum Gasteiger partial charge on any atom is -0.330 e. The minimum absolute atomic E-state index is 0.728. The van der Waals surface area contributed by atoms with Gasteiger partial charge in [-0.15, -0.1) is 0 Å². The normalized spacial score (nSPS) is 10.3. The van der Waals surface area contributed by atoms with Crippen molar-refractivity contribution in [2.75, 3.05) is 13.1 Å². The highest BCUT2D eigenvalue weighted by molar-refractivity contribution is 7.13. The monoisotopic (exact) mass is 196 g/mol. The Morgan fingerprint density at radius 2 is 1.92 bits per heavy atom. The molecule has 0 amide bonds. The van der Waals surface area contributed by atoms with E-state index >= 15 is 0 Å². The molecule has 0 aromatic heterocycles. The molecule has 0 aliphatic carbocycles. The highest BCUT2D eigenvalue weighted by Crippen LogP contribution is 2.06. The summed E-state index contributed by atoms with van der Waals surface area (Å²) in [7, 11) is 2.51. The molecule has 1 aromatic carbocycles. The van der Waals surface area contributed by atoms with Gasteiger partial charge in [0, 0.05) is 6.54 Å². The molecule has 2 nitrogen and oxygen atoms in total. The minimum atomic E-state index is 0.728. The summed E-state index contributed by atoms with van der Waals surface area (Å²) in [6.45, 7) is 1.72. The molecular weight excluding hydrogens is 179 g/mol. The molecule has 0 aliphatic heterocycles. The number of hydrogen-bond acceptors (Lipinski definition) is 2. The van der Waals surface area contributed by atoms with E-state index < -0.39 is 0 Å². The first-order valence-corrected chi connectivity index (χ1v) is 5.16. The number of nitrogens with one attached hydrogen (secondary N) is 1. The van der Waals surface area contributed by atoms with E-state index in [-0.39, 0.29) is 0 Å². The maximum absolute atomic E-state index is 5.50. The van der Waals surface area contributed by atoms with Crippen LogP contribution in [0.5, 0.6) is 0 Å². The zero-order chi connectivity index (χ0) is 9.52. The summed E-state index contributed by atoms with van der Waals surface area (Å²) in [5.74, 6) is 0. The van der Waals surface area contributed by atoms with Crippen LogP contribution in [-0.4, -0.2) is 13.1 Å². The summed E-state index contributed by atoms with van der Waals surface area (Å²) < 4.78 is 0. The molecular formula is C10H17N2P. The van der Waals surface area contributed by atoms with Gasteiger partial charge in [-0.3, -0.25) is 0 Å². The van der Waals surface area contributed by atoms with Gasteiger partial charge in [-0.25, -0.2) is 0 Å². The van der Waals surface area contributed by atoms with Gasteiger partial charge in [0.05, 0.1) is 0 Å². The molecule has 0 saturated carbocycles. The smallest absolute Gasteiger partial charge is 0.00261 e. The lowest BCUT2D eigenvalue weighted by molar-refractivity contribution is 0.900. The topological polar surface area (TPSA) is 38.0 Å². The zero-order valence-electron chi connectivity index (χ0n) is 7.79. The molecule has 1 rings (SSSR count). The van der Waals surface area contributed by atoms with Crippen LogP contribution in [0.3, 0.4) is 0 Å². The van der Waals surface area contributed by atoms with Crippen molar-refractivity contribution >= 4 is 9.39 Å². The Morgan fingerprint density at radius 1 is 1.23 bits per heavy atom. The van der Waals surface area contributed by atoms with Crippen molar-refractivity contribution in [3.8, 4) is 0 Å². The maximum Gasteiger partial charge on any atom is 0.00261 e. The van der Waals surface area contributed by atoms with Crippen LogP contribution >= 0.6 is 9.39 Å². The molecule has 0 heterocycles. The fourth-order valence-electron chi connectivity index (χ4n) is 1.32. The van der Waals surface area contributed by atoms with E-state index in [9.17, 15) is 0 Å². The van der Waals surface area contributed by atoms with Crippen LogP contribution in [0.15, 0.2) is 24.3 Å². The third-order valence-corrected chi connectivity index (χ3v) is 2.27. The second kappa shape index (κ2) is 6.09. The Bertz CT molecular complexity index is 250. The molecule has 1 atom stereocenters. The number of hydrogen-bond donors (Lipinski definition) is 2. The predicted octanol–water partition coefficient (Wildman–Crippen LogP) is 1.11. The largest absolute Gasteiger partial charge is 0.330 e. The highest BCUT2D eigenvalue weighted by atomic mass is 31.0. The molecule has 0 spiro atoms. The van der Waals surface area contributed by atoms with Crippen molar-refractivity contribution in [1.29, 1.82) is 0 Å². The average Bonchev–Trinajstić information content (AvgIpc) is 2.16.